The molecule has 0 atom stereocenters. The molecule has 0 aliphatic carbocycles. The van der Waals surface area contributed by atoms with Crippen LogP contribution in [0.4, 0.5) is 5.82 Å². The van der Waals surface area contributed by atoms with Crippen LogP contribution in [0, 0.1) is 0 Å². The Morgan fingerprint density at radius 1 is 0.914 bits per heavy atom. The minimum absolute atomic E-state index is 0.237. The Bertz CT molecular complexity index is 1310. The summed E-state index contributed by atoms with van der Waals surface area (Å²) in [6, 6.07) is 21.9. The van der Waals surface area contributed by atoms with Crippen LogP contribution in [0.15, 0.2) is 79.1 Å². The molecule has 0 saturated carbocycles. The molecule has 1 fully saturated rings. The fourth-order valence-corrected chi connectivity index (χ4v) is 4.63. The molecule has 2 aromatic heterocycles. The first kappa shape index (κ1) is 22.8. The van der Waals surface area contributed by atoms with E-state index in [9.17, 15) is 9.59 Å². The Kier molecular flexibility index (Phi) is 6.86. The highest BCUT2D eigenvalue weighted by Crippen LogP contribution is 2.21. The summed E-state index contributed by atoms with van der Waals surface area (Å²) in [6.45, 7) is 4.23. The van der Waals surface area contributed by atoms with Crippen LogP contribution in [0.1, 0.15) is 27.9 Å². The third-order valence-electron chi connectivity index (χ3n) is 6.50. The number of aromatic amines is 1. The molecule has 2 N–H and O–H groups in total. The van der Waals surface area contributed by atoms with Crippen molar-refractivity contribution in [3.05, 3.63) is 95.8 Å². The number of H-pyrrole nitrogens is 1. The van der Waals surface area contributed by atoms with E-state index in [2.05, 4.69) is 49.4 Å². The molecule has 3 heterocycles. The lowest BCUT2D eigenvalue weighted by molar-refractivity contribution is -0.120. The van der Waals surface area contributed by atoms with Gasteiger partial charge in [0.2, 0.25) is 5.91 Å². The number of aryl methyl sites for hydroxylation is 1. The molecule has 7 heteroatoms. The summed E-state index contributed by atoms with van der Waals surface area (Å²) >= 11 is 0. The first-order valence-electron chi connectivity index (χ1n) is 12.0. The van der Waals surface area contributed by atoms with E-state index in [1.165, 1.54) is 5.56 Å². The number of hydrogen-bond donors (Lipinski definition) is 2. The van der Waals surface area contributed by atoms with Gasteiger partial charge in [-0.05, 0) is 35.7 Å². The zero-order valence-electron chi connectivity index (χ0n) is 19.6. The Morgan fingerprint density at radius 3 is 2.51 bits per heavy atom. The largest absolute Gasteiger partial charge is 0.361 e. The van der Waals surface area contributed by atoms with Gasteiger partial charge in [0.1, 0.15) is 5.82 Å². The van der Waals surface area contributed by atoms with Gasteiger partial charge in [-0.15, -0.1) is 0 Å². The number of carbonyl (C=O) groups is 2. The Labute approximate surface area is 204 Å². The number of nitrogens with one attached hydrogen (secondary N) is 2. The van der Waals surface area contributed by atoms with Gasteiger partial charge in [-0.2, -0.15) is 0 Å². The summed E-state index contributed by atoms with van der Waals surface area (Å²) < 4.78 is 0. The van der Waals surface area contributed by atoms with Crippen LogP contribution >= 0.6 is 0 Å². The van der Waals surface area contributed by atoms with Gasteiger partial charge in [0, 0.05) is 62.4 Å². The number of carbonyl (C=O) groups excluding carboxylic acids is 2. The van der Waals surface area contributed by atoms with Gasteiger partial charge in [-0.3, -0.25) is 19.8 Å². The molecule has 1 aliphatic rings. The van der Waals surface area contributed by atoms with E-state index in [-0.39, 0.29) is 12.3 Å². The number of benzene rings is 2. The van der Waals surface area contributed by atoms with Crippen LogP contribution in [-0.4, -0.2) is 52.9 Å². The van der Waals surface area contributed by atoms with E-state index >= 15 is 0 Å². The van der Waals surface area contributed by atoms with Gasteiger partial charge in [-0.1, -0.05) is 48.5 Å². The lowest BCUT2D eigenvalue weighted by atomic mass is 10.1. The number of anilines is 1. The normalized spacial score (nSPS) is 14.2. The SMILES string of the molecule is O=C(CCc1c[nH]c2ccccc12)NC(=O)c1cccnc1N1CCN(Cc2ccccc2)CC1. The second kappa shape index (κ2) is 10.5. The summed E-state index contributed by atoms with van der Waals surface area (Å²) in [5.74, 6) is -0.0553. The second-order valence-corrected chi connectivity index (χ2v) is 8.86. The van der Waals surface area contributed by atoms with E-state index in [1.807, 2.05) is 36.5 Å². The van der Waals surface area contributed by atoms with Crippen LogP contribution in [0.3, 0.4) is 0 Å². The summed E-state index contributed by atoms with van der Waals surface area (Å²) in [6.07, 6.45) is 4.42. The average molecular weight is 468 g/mol. The number of nitrogens with zero attached hydrogens (tertiary/aromatic N) is 3. The minimum atomic E-state index is -0.399. The van der Waals surface area contributed by atoms with Gasteiger partial charge >= 0.3 is 0 Å². The first-order chi connectivity index (χ1) is 17.2. The van der Waals surface area contributed by atoms with Crippen molar-refractivity contribution in [2.24, 2.45) is 0 Å². The van der Waals surface area contributed by atoms with E-state index in [0.29, 0.717) is 17.8 Å². The second-order valence-electron chi connectivity index (χ2n) is 8.86. The number of imide groups is 1. The van der Waals surface area contributed by atoms with Crippen molar-refractivity contribution >= 4 is 28.5 Å². The molecule has 35 heavy (non-hydrogen) atoms. The maximum Gasteiger partial charge on any atom is 0.261 e. The number of hydrogen-bond acceptors (Lipinski definition) is 5. The highest BCUT2D eigenvalue weighted by molar-refractivity contribution is 6.07. The van der Waals surface area contributed by atoms with Gasteiger partial charge in [0.05, 0.1) is 5.56 Å². The van der Waals surface area contributed by atoms with Crippen molar-refractivity contribution in [3.8, 4) is 0 Å². The Morgan fingerprint density at radius 2 is 1.69 bits per heavy atom. The predicted molar refractivity (Wildman–Crippen MR) is 137 cm³/mol. The molecule has 4 aromatic rings. The van der Waals surface area contributed by atoms with E-state index in [0.717, 1.165) is 49.2 Å². The third-order valence-corrected chi connectivity index (χ3v) is 6.50. The smallest absolute Gasteiger partial charge is 0.261 e. The summed E-state index contributed by atoms with van der Waals surface area (Å²) in [5.41, 5.74) is 3.84. The van der Waals surface area contributed by atoms with E-state index < -0.39 is 5.91 Å². The molecule has 2 aromatic carbocycles. The van der Waals surface area contributed by atoms with Crippen LogP contribution < -0.4 is 10.2 Å². The molecule has 0 unspecified atom stereocenters. The first-order valence-corrected chi connectivity index (χ1v) is 12.0. The number of para-hydroxylation sites is 1. The molecule has 0 spiro atoms. The van der Waals surface area contributed by atoms with Gasteiger partial charge < -0.3 is 9.88 Å². The number of piperazine rings is 1. The van der Waals surface area contributed by atoms with Crippen LogP contribution in [0.5, 0.6) is 0 Å². The van der Waals surface area contributed by atoms with Crippen molar-refractivity contribution < 1.29 is 9.59 Å². The molecule has 7 nitrogen and oxygen atoms in total. The van der Waals surface area contributed by atoms with Gasteiger partial charge in [0.25, 0.3) is 5.91 Å². The number of pyridine rings is 1. The quantitative estimate of drug-likeness (QED) is 0.432. The number of amides is 2. The molecule has 1 saturated heterocycles. The van der Waals surface area contributed by atoms with Crippen LogP contribution in [-0.2, 0) is 17.8 Å². The zero-order chi connectivity index (χ0) is 24.0. The predicted octanol–water partition coefficient (Wildman–Crippen LogP) is 3.77. The van der Waals surface area contributed by atoms with Crippen molar-refractivity contribution in [1.29, 1.82) is 0 Å². The van der Waals surface area contributed by atoms with Crippen LogP contribution in [0.2, 0.25) is 0 Å². The third kappa shape index (κ3) is 5.41. The van der Waals surface area contributed by atoms with E-state index in [4.69, 9.17) is 0 Å². The lowest BCUT2D eigenvalue weighted by Gasteiger charge is -2.36. The zero-order valence-corrected chi connectivity index (χ0v) is 19.6. The maximum absolute atomic E-state index is 13.0. The van der Waals surface area contributed by atoms with Crippen LogP contribution in [0.25, 0.3) is 10.9 Å². The molecular formula is C28H29N5O2. The van der Waals surface area contributed by atoms with Gasteiger partial charge in [-0.25, -0.2) is 4.98 Å². The van der Waals surface area contributed by atoms with Crippen molar-refractivity contribution in [2.75, 3.05) is 31.1 Å². The van der Waals surface area contributed by atoms with E-state index in [1.54, 1.807) is 18.3 Å². The summed E-state index contributed by atoms with van der Waals surface area (Å²) in [7, 11) is 0. The Balaban J connectivity index is 1.18. The Hall–Kier alpha value is -3.97. The molecule has 2 amide bonds. The molecule has 5 rings (SSSR count). The van der Waals surface area contributed by atoms with Crippen molar-refractivity contribution in [2.45, 2.75) is 19.4 Å². The van der Waals surface area contributed by atoms with Crippen molar-refractivity contribution in [1.82, 2.24) is 20.2 Å². The summed E-state index contributed by atoms with van der Waals surface area (Å²) in [4.78, 5) is 37.8. The fraction of sp³-hybridized carbons (Fsp3) is 0.250. The summed E-state index contributed by atoms with van der Waals surface area (Å²) in [5, 5.41) is 3.67. The maximum atomic E-state index is 13.0. The standard InChI is InChI=1S/C28H29N5O2/c34-26(13-12-22-19-30-25-11-5-4-9-23(22)25)31-28(35)24-10-6-14-29-27(24)33-17-15-32(16-18-33)20-21-7-2-1-3-8-21/h1-11,14,19,30H,12-13,15-18,20H2,(H,31,34,35). The average Bonchev–Trinajstić information content (AvgIpc) is 3.32. The molecular weight excluding hydrogens is 438 g/mol. The number of aromatic nitrogens is 2. The highest BCUT2D eigenvalue weighted by Gasteiger charge is 2.23. The number of fused-ring (bicyclic) bond motifs is 1. The van der Waals surface area contributed by atoms with Gasteiger partial charge in [0.15, 0.2) is 0 Å². The molecule has 178 valence electrons. The number of rotatable bonds is 7. The monoisotopic (exact) mass is 467 g/mol. The van der Waals surface area contributed by atoms with Crippen molar-refractivity contribution in [3.63, 3.8) is 0 Å². The molecule has 0 radical (unpaired) electrons. The topological polar surface area (TPSA) is 81.3 Å². The lowest BCUT2D eigenvalue weighted by Crippen LogP contribution is -2.47. The molecule has 1 aliphatic heterocycles. The fourth-order valence-electron chi connectivity index (χ4n) is 4.63. The highest BCUT2D eigenvalue weighted by atomic mass is 16.2. The molecule has 0 bridgehead atoms. The minimum Gasteiger partial charge on any atom is -0.361 e.